The molecule has 0 spiro atoms. The predicted octanol–water partition coefficient (Wildman–Crippen LogP) is 2.90. The molecule has 3 aliphatic rings. The number of hydrogen-bond acceptors (Lipinski definition) is 3. The summed E-state index contributed by atoms with van der Waals surface area (Å²) >= 11 is 0. The Hall–Kier alpha value is -0.830. The van der Waals surface area contributed by atoms with E-state index in [0.717, 1.165) is 25.1 Å². The molecule has 2 heterocycles. The molecule has 2 fully saturated rings. The zero-order valence-electron chi connectivity index (χ0n) is 12.2. The van der Waals surface area contributed by atoms with Crippen molar-refractivity contribution in [1.82, 2.24) is 4.90 Å². The van der Waals surface area contributed by atoms with Crippen LogP contribution in [0.5, 0.6) is 0 Å². The number of carbonyl (C=O) groups is 1. The van der Waals surface area contributed by atoms with E-state index in [1.807, 2.05) is 6.92 Å². The molecule has 3 rings (SSSR count). The monoisotopic (exact) mass is 263 g/mol. The summed E-state index contributed by atoms with van der Waals surface area (Å²) in [5.74, 6) is -0.0567. The summed E-state index contributed by atoms with van der Waals surface area (Å²) in [6, 6.07) is 0.541. The lowest BCUT2D eigenvalue weighted by Gasteiger charge is -2.51. The van der Waals surface area contributed by atoms with Crippen LogP contribution in [-0.4, -0.2) is 36.6 Å². The van der Waals surface area contributed by atoms with E-state index in [-0.39, 0.29) is 5.97 Å². The highest BCUT2D eigenvalue weighted by atomic mass is 16.5. The zero-order chi connectivity index (χ0) is 13.5. The first-order valence-corrected chi connectivity index (χ1v) is 7.85. The standard InChI is InChI=1S/C16H25NO2/c1-3-16-8-5-7-12-13(15(18)19-4-2)11-17(14(12)16)10-6-9-16/h14H,3-11H2,1-2H3/t14-,16-/m0/s1. The van der Waals surface area contributed by atoms with Gasteiger partial charge in [0.15, 0.2) is 0 Å². The molecule has 0 amide bonds. The molecular weight excluding hydrogens is 238 g/mol. The first kappa shape index (κ1) is 13.2. The van der Waals surface area contributed by atoms with Crippen molar-refractivity contribution in [1.29, 1.82) is 0 Å². The predicted molar refractivity (Wildman–Crippen MR) is 74.8 cm³/mol. The molecule has 0 aromatic carbocycles. The van der Waals surface area contributed by atoms with Crippen LogP contribution in [0.1, 0.15) is 52.4 Å². The van der Waals surface area contributed by atoms with E-state index in [0.29, 0.717) is 18.1 Å². The maximum absolute atomic E-state index is 12.2. The average Bonchev–Trinajstić information content (AvgIpc) is 2.81. The van der Waals surface area contributed by atoms with Crippen LogP contribution in [0, 0.1) is 5.41 Å². The molecule has 1 saturated heterocycles. The van der Waals surface area contributed by atoms with E-state index in [4.69, 9.17) is 4.74 Å². The summed E-state index contributed by atoms with van der Waals surface area (Å²) in [5.41, 5.74) is 2.86. The van der Waals surface area contributed by atoms with Crippen LogP contribution in [0.4, 0.5) is 0 Å². The molecule has 106 valence electrons. The summed E-state index contributed by atoms with van der Waals surface area (Å²) in [5, 5.41) is 0. The first-order valence-electron chi connectivity index (χ1n) is 7.85. The normalized spacial score (nSPS) is 34.3. The Bertz CT molecular complexity index is 411. The summed E-state index contributed by atoms with van der Waals surface area (Å²) < 4.78 is 5.27. The Morgan fingerprint density at radius 1 is 1.37 bits per heavy atom. The van der Waals surface area contributed by atoms with Gasteiger partial charge in [-0.15, -0.1) is 0 Å². The van der Waals surface area contributed by atoms with Crippen LogP contribution in [0.2, 0.25) is 0 Å². The summed E-state index contributed by atoms with van der Waals surface area (Å²) in [4.78, 5) is 14.7. The lowest BCUT2D eigenvalue weighted by Crippen LogP contribution is -2.51. The van der Waals surface area contributed by atoms with Gasteiger partial charge in [0.1, 0.15) is 0 Å². The molecule has 0 radical (unpaired) electrons. The highest BCUT2D eigenvalue weighted by molar-refractivity contribution is 5.91. The van der Waals surface area contributed by atoms with E-state index in [2.05, 4.69) is 11.8 Å². The van der Waals surface area contributed by atoms with Crippen molar-refractivity contribution in [2.45, 2.75) is 58.4 Å². The summed E-state index contributed by atoms with van der Waals surface area (Å²) in [6.45, 7) is 6.69. The van der Waals surface area contributed by atoms with Crippen molar-refractivity contribution in [2.75, 3.05) is 19.7 Å². The molecule has 3 nitrogen and oxygen atoms in total. The number of nitrogens with zero attached hydrogens (tertiary/aromatic N) is 1. The molecule has 0 aromatic heterocycles. The van der Waals surface area contributed by atoms with E-state index in [1.165, 1.54) is 37.7 Å². The minimum absolute atomic E-state index is 0.0567. The highest BCUT2D eigenvalue weighted by Gasteiger charge is 2.51. The van der Waals surface area contributed by atoms with Gasteiger partial charge < -0.3 is 4.74 Å². The van der Waals surface area contributed by atoms with Gasteiger partial charge >= 0.3 is 5.97 Å². The van der Waals surface area contributed by atoms with Crippen LogP contribution < -0.4 is 0 Å². The number of ether oxygens (including phenoxy) is 1. The van der Waals surface area contributed by atoms with Gasteiger partial charge in [0.25, 0.3) is 0 Å². The Balaban J connectivity index is 1.95. The highest BCUT2D eigenvalue weighted by Crippen LogP contribution is 2.53. The quantitative estimate of drug-likeness (QED) is 0.733. The van der Waals surface area contributed by atoms with Crippen molar-refractivity contribution >= 4 is 5.97 Å². The lowest BCUT2D eigenvalue weighted by atomic mass is 9.62. The molecular formula is C16H25NO2. The Morgan fingerprint density at radius 3 is 2.89 bits per heavy atom. The molecule has 0 aromatic rings. The maximum atomic E-state index is 12.2. The lowest BCUT2D eigenvalue weighted by molar-refractivity contribution is -0.138. The topological polar surface area (TPSA) is 29.5 Å². The van der Waals surface area contributed by atoms with Crippen LogP contribution in [0.3, 0.4) is 0 Å². The minimum Gasteiger partial charge on any atom is -0.463 e. The third-order valence-electron chi connectivity index (χ3n) is 5.49. The van der Waals surface area contributed by atoms with Crippen LogP contribution in [0.25, 0.3) is 0 Å². The van der Waals surface area contributed by atoms with Gasteiger partial charge in [0.05, 0.1) is 12.2 Å². The third kappa shape index (κ3) is 1.94. The smallest absolute Gasteiger partial charge is 0.335 e. The molecule has 1 aliphatic carbocycles. The van der Waals surface area contributed by atoms with Crippen LogP contribution in [-0.2, 0) is 9.53 Å². The van der Waals surface area contributed by atoms with E-state index in [1.54, 1.807) is 0 Å². The Kier molecular flexibility index (Phi) is 3.42. The van der Waals surface area contributed by atoms with Gasteiger partial charge in [-0.3, -0.25) is 4.90 Å². The fourth-order valence-corrected chi connectivity index (χ4v) is 4.66. The molecule has 0 unspecified atom stereocenters. The fourth-order valence-electron chi connectivity index (χ4n) is 4.66. The summed E-state index contributed by atoms with van der Waals surface area (Å²) in [6.07, 6.45) is 7.56. The second kappa shape index (κ2) is 4.93. The molecule has 19 heavy (non-hydrogen) atoms. The molecule has 0 bridgehead atoms. The number of hydrogen-bond donors (Lipinski definition) is 0. The Morgan fingerprint density at radius 2 is 2.16 bits per heavy atom. The molecule has 3 heteroatoms. The minimum atomic E-state index is -0.0567. The number of rotatable bonds is 3. The second-order valence-corrected chi connectivity index (χ2v) is 6.27. The van der Waals surface area contributed by atoms with Crippen LogP contribution >= 0.6 is 0 Å². The van der Waals surface area contributed by atoms with E-state index in [9.17, 15) is 4.79 Å². The Labute approximate surface area is 116 Å². The van der Waals surface area contributed by atoms with Crippen molar-refractivity contribution in [3.8, 4) is 0 Å². The summed E-state index contributed by atoms with van der Waals surface area (Å²) in [7, 11) is 0. The first-order chi connectivity index (χ1) is 9.22. The average molecular weight is 263 g/mol. The van der Waals surface area contributed by atoms with E-state index < -0.39 is 0 Å². The number of piperidine rings is 1. The number of esters is 1. The van der Waals surface area contributed by atoms with Gasteiger partial charge in [-0.05, 0) is 63.0 Å². The fraction of sp³-hybridized carbons (Fsp3) is 0.812. The molecule has 1 saturated carbocycles. The zero-order valence-corrected chi connectivity index (χ0v) is 12.2. The molecule has 0 N–H and O–H groups in total. The van der Waals surface area contributed by atoms with Gasteiger partial charge in [0.2, 0.25) is 0 Å². The van der Waals surface area contributed by atoms with Gasteiger partial charge in [0, 0.05) is 12.6 Å². The molecule has 2 aliphatic heterocycles. The van der Waals surface area contributed by atoms with Crippen molar-refractivity contribution in [3.05, 3.63) is 11.1 Å². The SMILES string of the molecule is CCOC(=O)C1=C2CCC[C@@]3(CC)CCCN(C1)[C@@H]23. The second-order valence-electron chi connectivity index (χ2n) is 6.27. The maximum Gasteiger partial charge on any atom is 0.335 e. The van der Waals surface area contributed by atoms with Crippen molar-refractivity contribution < 1.29 is 9.53 Å². The molecule has 2 atom stereocenters. The van der Waals surface area contributed by atoms with Crippen molar-refractivity contribution in [3.63, 3.8) is 0 Å². The largest absolute Gasteiger partial charge is 0.463 e. The third-order valence-corrected chi connectivity index (χ3v) is 5.49. The van der Waals surface area contributed by atoms with Gasteiger partial charge in [-0.1, -0.05) is 6.92 Å². The van der Waals surface area contributed by atoms with Crippen molar-refractivity contribution in [2.24, 2.45) is 5.41 Å². The van der Waals surface area contributed by atoms with Gasteiger partial charge in [-0.25, -0.2) is 4.79 Å². The van der Waals surface area contributed by atoms with Gasteiger partial charge in [-0.2, -0.15) is 0 Å². The van der Waals surface area contributed by atoms with E-state index >= 15 is 0 Å². The number of carbonyl (C=O) groups excluding carboxylic acids is 1. The van der Waals surface area contributed by atoms with Crippen LogP contribution in [0.15, 0.2) is 11.1 Å².